The van der Waals surface area contributed by atoms with Gasteiger partial charge < -0.3 is 10.5 Å². The number of rotatable bonds is 1. The largest absolute Gasteiger partial charge is 0.487 e. The number of benzene rings is 1. The summed E-state index contributed by atoms with van der Waals surface area (Å²) >= 11 is 6.07. The molecule has 1 aliphatic heterocycles. The summed E-state index contributed by atoms with van der Waals surface area (Å²) in [4.78, 5) is 0. The number of hydrogen-bond donors (Lipinski definition) is 1. The van der Waals surface area contributed by atoms with Gasteiger partial charge in [-0.25, -0.2) is 0 Å². The average molecular weight is 294 g/mol. The van der Waals surface area contributed by atoms with Crippen LogP contribution in [0.15, 0.2) is 18.2 Å². The van der Waals surface area contributed by atoms with Gasteiger partial charge in [0.1, 0.15) is 11.4 Å². The Morgan fingerprint density at radius 2 is 2.20 bits per heavy atom. The van der Waals surface area contributed by atoms with Crippen molar-refractivity contribution in [1.82, 2.24) is 0 Å². The van der Waals surface area contributed by atoms with Crippen molar-refractivity contribution in [1.29, 1.82) is 0 Å². The van der Waals surface area contributed by atoms with Crippen molar-refractivity contribution in [3.05, 3.63) is 28.8 Å². The molecule has 3 atom stereocenters. The van der Waals surface area contributed by atoms with Gasteiger partial charge in [-0.1, -0.05) is 31.4 Å². The number of hydrogen-bond acceptors (Lipinski definition) is 2. The second kappa shape index (κ2) is 5.57. The zero-order valence-electron chi connectivity index (χ0n) is 12.2. The predicted molar refractivity (Wildman–Crippen MR) is 83.2 cm³/mol. The number of fused-ring (bicyclic) bond motifs is 1. The molecule has 1 aromatic rings. The molecule has 1 aliphatic carbocycles. The maximum absolute atomic E-state index is 6.42. The number of halogens is 1. The van der Waals surface area contributed by atoms with Crippen molar-refractivity contribution in [3.8, 4) is 5.75 Å². The summed E-state index contributed by atoms with van der Waals surface area (Å²) in [6, 6.07) is 5.90. The van der Waals surface area contributed by atoms with Crippen LogP contribution in [0.4, 0.5) is 0 Å². The smallest absolute Gasteiger partial charge is 0.125 e. The lowest BCUT2D eigenvalue weighted by atomic mass is 9.82. The highest BCUT2D eigenvalue weighted by atomic mass is 35.5. The van der Waals surface area contributed by atoms with Gasteiger partial charge in [-0.2, -0.15) is 0 Å². The summed E-state index contributed by atoms with van der Waals surface area (Å²) in [5.41, 5.74) is 7.43. The van der Waals surface area contributed by atoms with Gasteiger partial charge in [0.05, 0.1) is 0 Å². The fourth-order valence-corrected chi connectivity index (χ4v) is 4.03. The molecule has 1 heterocycles. The summed E-state index contributed by atoms with van der Waals surface area (Å²) < 4.78 is 6.42. The van der Waals surface area contributed by atoms with Gasteiger partial charge in [0.2, 0.25) is 0 Å². The van der Waals surface area contributed by atoms with E-state index in [0.717, 1.165) is 41.5 Å². The third kappa shape index (κ3) is 2.68. The van der Waals surface area contributed by atoms with Gasteiger partial charge in [0.15, 0.2) is 0 Å². The Kier molecular flexibility index (Phi) is 3.96. The summed E-state index contributed by atoms with van der Waals surface area (Å²) in [7, 11) is 0. The van der Waals surface area contributed by atoms with E-state index in [1.165, 1.54) is 25.7 Å². The molecule has 0 saturated heterocycles. The Morgan fingerprint density at radius 3 is 3.00 bits per heavy atom. The fourth-order valence-electron chi connectivity index (χ4n) is 3.85. The van der Waals surface area contributed by atoms with Crippen LogP contribution in [-0.4, -0.2) is 5.60 Å². The van der Waals surface area contributed by atoms with E-state index in [0.29, 0.717) is 0 Å². The van der Waals surface area contributed by atoms with Crippen molar-refractivity contribution in [2.75, 3.05) is 0 Å². The third-order valence-electron chi connectivity index (χ3n) is 5.12. The molecule has 2 nitrogen and oxygen atoms in total. The van der Waals surface area contributed by atoms with E-state index in [9.17, 15) is 0 Å². The van der Waals surface area contributed by atoms with Crippen molar-refractivity contribution in [3.63, 3.8) is 0 Å². The van der Waals surface area contributed by atoms with Gasteiger partial charge in [-0.3, -0.25) is 0 Å². The lowest BCUT2D eigenvalue weighted by molar-refractivity contribution is 0.0203. The molecular formula is C17H24ClNO. The van der Waals surface area contributed by atoms with E-state index >= 15 is 0 Å². The van der Waals surface area contributed by atoms with Crippen molar-refractivity contribution in [2.45, 2.75) is 63.5 Å². The Balaban J connectivity index is 1.85. The van der Waals surface area contributed by atoms with E-state index in [1.54, 1.807) is 0 Å². The van der Waals surface area contributed by atoms with Gasteiger partial charge >= 0.3 is 0 Å². The quantitative estimate of drug-likeness (QED) is 0.803. The molecule has 1 saturated carbocycles. The van der Waals surface area contributed by atoms with Crippen LogP contribution >= 0.6 is 11.6 Å². The molecule has 2 aliphatic rings. The summed E-state index contributed by atoms with van der Waals surface area (Å²) in [6.07, 6.45) is 8.36. The normalized spacial score (nSPS) is 33.4. The number of nitrogens with two attached hydrogens (primary N) is 1. The Labute approximate surface area is 126 Å². The molecule has 3 rings (SSSR count). The van der Waals surface area contributed by atoms with Gasteiger partial charge in [-0.15, -0.1) is 0 Å². The van der Waals surface area contributed by atoms with Crippen LogP contribution in [0.3, 0.4) is 0 Å². The monoisotopic (exact) mass is 293 g/mol. The second-order valence-electron chi connectivity index (χ2n) is 6.48. The van der Waals surface area contributed by atoms with E-state index in [1.807, 2.05) is 18.2 Å². The van der Waals surface area contributed by atoms with E-state index in [2.05, 4.69) is 6.92 Å². The summed E-state index contributed by atoms with van der Waals surface area (Å²) in [6.45, 7) is 2.30. The molecular weight excluding hydrogens is 270 g/mol. The Morgan fingerprint density at radius 1 is 1.35 bits per heavy atom. The molecule has 0 bridgehead atoms. The Bertz CT molecular complexity index is 490. The minimum Gasteiger partial charge on any atom is -0.487 e. The second-order valence-corrected chi connectivity index (χ2v) is 6.92. The minimum atomic E-state index is -0.0375. The van der Waals surface area contributed by atoms with Crippen LogP contribution in [0, 0.1) is 5.92 Å². The van der Waals surface area contributed by atoms with E-state index in [-0.39, 0.29) is 11.6 Å². The van der Waals surface area contributed by atoms with Crippen molar-refractivity contribution < 1.29 is 4.74 Å². The van der Waals surface area contributed by atoms with Crippen LogP contribution in [0.1, 0.15) is 63.5 Å². The zero-order valence-corrected chi connectivity index (χ0v) is 13.0. The van der Waals surface area contributed by atoms with Gasteiger partial charge in [0.25, 0.3) is 0 Å². The molecule has 1 spiro atoms. The molecule has 1 aromatic carbocycles. The molecule has 1 fully saturated rings. The molecule has 0 amide bonds. The maximum Gasteiger partial charge on any atom is 0.125 e. The van der Waals surface area contributed by atoms with Crippen LogP contribution in [0.25, 0.3) is 0 Å². The SMILES string of the molecule is CCC1CCCC2(CC1)C[C@@H](N)c1cc(Cl)ccc1O2. The average Bonchev–Trinajstić information content (AvgIpc) is 2.62. The van der Waals surface area contributed by atoms with Crippen LogP contribution in [0.2, 0.25) is 5.02 Å². The number of ether oxygens (including phenoxy) is 1. The highest BCUT2D eigenvalue weighted by molar-refractivity contribution is 6.30. The first kappa shape index (κ1) is 14.2. The molecule has 20 heavy (non-hydrogen) atoms. The van der Waals surface area contributed by atoms with E-state index in [4.69, 9.17) is 22.1 Å². The molecule has 0 aromatic heterocycles. The predicted octanol–water partition coefficient (Wildman–Crippen LogP) is 4.85. The summed E-state index contributed by atoms with van der Waals surface area (Å²) in [5.74, 6) is 1.81. The molecule has 0 radical (unpaired) electrons. The van der Waals surface area contributed by atoms with Gasteiger partial charge in [0, 0.05) is 23.0 Å². The molecule has 3 heteroatoms. The van der Waals surface area contributed by atoms with Crippen LogP contribution in [-0.2, 0) is 0 Å². The minimum absolute atomic E-state index is 0.0375. The molecule has 2 N–H and O–H groups in total. The highest BCUT2D eigenvalue weighted by Gasteiger charge is 2.40. The lowest BCUT2D eigenvalue weighted by Gasteiger charge is -2.41. The maximum atomic E-state index is 6.42. The Hall–Kier alpha value is -0.730. The first-order valence-corrected chi connectivity index (χ1v) is 8.24. The highest BCUT2D eigenvalue weighted by Crippen LogP contribution is 2.46. The van der Waals surface area contributed by atoms with Crippen LogP contribution in [0.5, 0.6) is 5.75 Å². The first-order chi connectivity index (χ1) is 9.62. The van der Waals surface area contributed by atoms with Gasteiger partial charge in [-0.05, 0) is 49.8 Å². The zero-order chi connectivity index (χ0) is 14.2. The van der Waals surface area contributed by atoms with Crippen molar-refractivity contribution >= 4 is 11.6 Å². The first-order valence-electron chi connectivity index (χ1n) is 7.86. The summed E-state index contributed by atoms with van der Waals surface area (Å²) in [5, 5.41) is 0.741. The molecule has 2 unspecified atom stereocenters. The standard InChI is InChI=1S/C17H24ClNO/c1-2-12-4-3-8-17(9-7-12)11-15(19)14-10-13(18)5-6-16(14)20-17/h5-6,10,12,15H,2-4,7-9,11,19H2,1H3/t12?,15-,17?/m1/s1. The van der Waals surface area contributed by atoms with E-state index < -0.39 is 0 Å². The molecule has 110 valence electrons. The van der Waals surface area contributed by atoms with Crippen LogP contribution < -0.4 is 10.5 Å². The third-order valence-corrected chi connectivity index (χ3v) is 5.36. The lowest BCUT2D eigenvalue weighted by Crippen LogP contribution is -2.42. The topological polar surface area (TPSA) is 35.2 Å². The van der Waals surface area contributed by atoms with Crippen molar-refractivity contribution in [2.24, 2.45) is 11.7 Å². The fraction of sp³-hybridized carbons (Fsp3) is 0.647.